The van der Waals surface area contributed by atoms with Gasteiger partial charge in [0, 0.05) is 22.8 Å². The summed E-state index contributed by atoms with van der Waals surface area (Å²) >= 11 is 1.59. The van der Waals surface area contributed by atoms with Gasteiger partial charge in [0.1, 0.15) is 0 Å². The lowest BCUT2D eigenvalue weighted by atomic mass is 9.90. The van der Waals surface area contributed by atoms with E-state index in [1.54, 1.807) is 11.3 Å². The van der Waals surface area contributed by atoms with Crippen LogP contribution in [0.5, 0.6) is 0 Å². The van der Waals surface area contributed by atoms with Crippen LogP contribution >= 0.6 is 11.3 Å². The van der Waals surface area contributed by atoms with Crippen molar-refractivity contribution in [1.82, 2.24) is 14.8 Å². The number of rotatable bonds is 7. The Kier molecular flexibility index (Phi) is 5.62. The maximum absolute atomic E-state index is 12.4. The smallest absolute Gasteiger partial charge is 0.253 e. The summed E-state index contributed by atoms with van der Waals surface area (Å²) in [5.41, 5.74) is 5.17. The van der Waals surface area contributed by atoms with E-state index < -0.39 is 0 Å². The fourth-order valence-electron chi connectivity index (χ4n) is 3.09. The average Bonchev–Trinajstić information content (AvgIpc) is 3.35. The molecule has 0 unspecified atom stereocenters. The lowest BCUT2D eigenvalue weighted by Crippen LogP contribution is -2.29. The van der Waals surface area contributed by atoms with Crippen molar-refractivity contribution in [3.63, 3.8) is 0 Å². The summed E-state index contributed by atoms with van der Waals surface area (Å²) in [4.78, 5) is 17.2. The van der Waals surface area contributed by atoms with Gasteiger partial charge in [-0.05, 0) is 37.1 Å². The molecule has 1 fully saturated rings. The van der Waals surface area contributed by atoms with Crippen LogP contribution < -0.4 is 10.6 Å². The fourth-order valence-corrected chi connectivity index (χ4v) is 3.84. The summed E-state index contributed by atoms with van der Waals surface area (Å²) in [5.74, 6) is -0.0658. The molecule has 0 aliphatic heterocycles. The first-order valence-electron chi connectivity index (χ1n) is 9.47. The van der Waals surface area contributed by atoms with Crippen molar-refractivity contribution < 1.29 is 4.79 Å². The molecule has 1 radical (unpaired) electrons. The van der Waals surface area contributed by atoms with E-state index >= 15 is 0 Å². The van der Waals surface area contributed by atoms with Gasteiger partial charge in [0.15, 0.2) is 5.13 Å². The standard InChI is InChI=1S/C21H22BN4OS/c1-22-26-11-10-17(13-26)20(27)23-12-18(15-8-5-9-15)24-21-25-19(14-28-21)16-6-3-2-4-7-16/h2-4,6-7,10-11,13-14H,5,8-9,12H2,1H3,(H,23,27)(H,24,25). The topological polar surface area (TPSA) is 59.0 Å². The molecule has 0 saturated heterocycles. The number of hydrogen-bond acceptors (Lipinski definition) is 4. The number of anilines is 1. The number of carbonyl (C=O) groups excluding carboxylic acids is 1. The quantitative estimate of drug-likeness (QED) is 0.589. The van der Waals surface area contributed by atoms with Crippen molar-refractivity contribution in [2.75, 3.05) is 11.9 Å². The van der Waals surface area contributed by atoms with Crippen LogP contribution in [-0.2, 0) is 0 Å². The number of nitrogens with one attached hydrogen (secondary N) is 2. The van der Waals surface area contributed by atoms with Gasteiger partial charge in [-0.2, -0.15) is 0 Å². The summed E-state index contributed by atoms with van der Waals surface area (Å²) in [5, 5.41) is 9.40. The normalized spacial score (nSPS) is 13.0. The molecule has 0 atom stereocenters. The first-order valence-corrected chi connectivity index (χ1v) is 10.3. The summed E-state index contributed by atoms with van der Waals surface area (Å²) in [6, 6.07) is 12.0. The summed E-state index contributed by atoms with van der Waals surface area (Å²) < 4.78 is 1.87. The number of thiazole rings is 1. The van der Waals surface area contributed by atoms with Crippen LogP contribution in [0.4, 0.5) is 5.13 Å². The minimum absolute atomic E-state index is 0.0658. The molecule has 2 aromatic heterocycles. The molecule has 28 heavy (non-hydrogen) atoms. The molecule has 0 spiro atoms. The molecule has 5 nitrogen and oxygen atoms in total. The Bertz CT molecular complexity index is 987. The summed E-state index contributed by atoms with van der Waals surface area (Å²) in [6.45, 7) is 2.41. The van der Waals surface area contributed by atoms with Gasteiger partial charge in [0.25, 0.3) is 5.91 Å². The van der Waals surface area contributed by atoms with Crippen LogP contribution in [0, 0.1) is 0 Å². The van der Waals surface area contributed by atoms with Crippen LogP contribution in [0.3, 0.4) is 0 Å². The molecule has 141 valence electrons. The number of benzene rings is 1. The highest BCUT2D eigenvalue weighted by Gasteiger charge is 2.17. The SMILES string of the molecule is C[B]n1ccc(C(=O)NCC(Nc2nc(-c3ccccc3)cs2)=C2CCC2)c1. The van der Waals surface area contributed by atoms with Gasteiger partial charge in [-0.1, -0.05) is 37.2 Å². The highest BCUT2D eigenvalue weighted by atomic mass is 32.1. The van der Waals surface area contributed by atoms with E-state index in [0.717, 1.165) is 34.9 Å². The number of aromatic nitrogens is 2. The summed E-state index contributed by atoms with van der Waals surface area (Å²) in [6.07, 6.45) is 7.06. The third-order valence-electron chi connectivity index (χ3n) is 4.92. The Hall–Kier alpha value is -2.80. The van der Waals surface area contributed by atoms with Gasteiger partial charge in [-0.15, -0.1) is 11.3 Å². The largest absolute Gasteiger partial charge is 0.402 e. The van der Waals surface area contributed by atoms with E-state index in [9.17, 15) is 4.79 Å². The molecule has 4 rings (SSSR count). The molecule has 1 aromatic carbocycles. The Morgan fingerprint density at radius 3 is 2.75 bits per heavy atom. The van der Waals surface area contributed by atoms with Gasteiger partial charge in [-0.3, -0.25) is 4.79 Å². The molecule has 7 heteroatoms. The number of hydrogen-bond donors (Lipinski definition) is 2. The molecule has 0 bridgehead atoms. The first kappa shape index (κ1) is 18.6. The second kappa shape index (κ2) is 8.48. The maximum Gasteiger partial charge on any atom is 0.253 e. The van der Waals surface area contributed by atoms with Crippen LogP contribution in [0.1, 0.15) is 29.6 Å². The molecule has 1 aliphatic carbocycles. The zero-order valence-electron chi connectivity index (χ0n) is 15.8. The lowest BCUT2D eigenvalue weighted by molar-refractivity contribution is 0.0957. The van der Waals surface area contributed by atoms with E-state index in [2.05, 4.69) is 28.1 Å². The zero-order valence-corrected chi connectivity index (χ0v) is 16.6. The van der Waals surface area contributed by atoms with Crippen LogP contribution in [0.15, 0.2) is 65.4 Å². The van der Waals surface area contributed by atoms with Gasteiger partial charge >= 0.3 is 0 Å². The summed E-state index contributed by atoms with van der Waals surface area (Å²) in [7, 11) is 1.91. The van der Waals surface area contributed by atoms with Gasteiger partial charge in [-0.25, -0.2) is 4.98 Å². The van der Waals surface area contributed by atoms with E-state index in [-0.39, 0.29) is 5.91 Å². The molecule has 1 aliphatic rings. The molecule has 3 aromatic rings. The molecular formula is C21H22BN4OS. The van der Waals surface area contributed by atoms with Crippen LogP contribution in [0.2, 0.25) is 6.82 Å². The highest BCUT2D eigenvalue weighted by Crippen LogP contribution is 2.31. The van der Waals surface area contributed by atoms with Crippen molar-refractivity contribution in [3.8, 4) is 11.3 Å². The molecule has 2 N–H and O–H groups in total. The van der Waals surface area contributed by atoms with Crippen LogP contribution in [0.25, 0.3) is 11.3 Å². The molecule has 1 saturated carbocycles. The second-order valence-corrected chi connectivity index (χ2v) is 7.61. The highest BCUT2D eigenvalue weighted by molar-refractivity contribution is 7.14. The van der Waals surface area contributed by atoms with Crippen molar-refractivity contribution in [2.24, 2.45) is 0 Å². The van der Waals surface area contributed by atoms with Gasteiger partial charge in [0.05, 0.1) is 17.8 Å². The second-order valence-electron chi connectivity index (χ2n) is 6.75. The molecule has 2 heterocycles. The monoisotopic (exact) mass is 389 g/mol. The molecular weight excluding hydrogens is 367 g/mol. The number of allylic oxidation sites excluding steroid dienone is 1. The Morgan fingerprint density at radius 1 is 1.25 bits per heavy atom. The number of amides is 1. The van der Waals surface area contributed by atoms with Crippen molar-refractivity contribution >= 4 is 29.8 Å². The van der Waals surface area contributed by atoms with Crippen molar-refractivity contribution in [1.29, 1.82) is 0 Å². The third-order valence-corrected chi connectivity index (χ3v) is 5.67. The van der Waals surface area contributed by atoms with Crippen molar-refractivity contribution in [2.45, 2.75) is 26.1 Å². The van der Waals surface area contributed by atoms with E-state index in [1.165, 1.54) is 12.0 Å². The third kappa shape index (κ3) is 4.20. The van der Waals surface area contributed by atoms with E-state index in [0.29, 0.717) is 12.1 Å². The first-order chi connectivity index (χ1) is 13.7. The molecule has 1 amide bonds. The predicted molar refractivity (Wildman–Crippen MR) is 116 cm³/mol. The van der Waals surface area contributed by atoms with Gasteiger partial charge < -0.3 is 15.1 Å². The predicted octanol–water partition coefficient (Wildman–Crippen LogP) is 4.41. The number of carbonyl (C=O) groups is 1. The van der Waals surface area contributed by atoms with Crippen molar-refractivity contribution in [3.05, 3.63) is 71.0 Å². The maximum atomic E-state index is 12.4. The fraction of sp³-hybridized carbons (Fsp3) is 0.238. The van der Waals surface area contributed by atoms with E-state index in [4.69, 9.17) is 4.98 Å². The van der Waals surface area contributed by atoms with Crippen LogP contribution in [-0.4, -0.2) is 29.3 Å². The van der Waals surface area contributed by atoms with E-state index in [1.807, 2.05) is 55.4 Å². The number of nitrogens with zero attached hydrogens (tertiary/aromatic N) is 2. The Morgan fingerprint density at radius 2 is 2.07 bits per heavy atom. The van der Waals surface area contributed by atoms with Gasteiger partial charge in [0.2, 0.25) is 7.41 Å². The Labute approximate surface area is 169 Å². The minimum atomic E-state index is -0.0658. The lowest BCUT2D eigenvalue weighted by Gasteiger charge is -2.22. The minimum Gasteiger partial charge on any atom is -0.402 e. The average molecular weight is 389 g/mol. The zero-order chi connectivity index (χ0) is 19.3. The Balaban J connectivity index is 1.43.